The summed E-state index contributed by atoms with van der Waals surface area (Å²) in [5, 5.41) is 0. The number of para-hydroxylation sites is 2. The van der Waals surface area contributed by atoms with Gasteiger partial charge in [0.15, 0.2) is 4.90 Å². The van der Waals surface area contributed by atoms with E-state index >= 15 is 0 Å². The average molecular weight is 409 g/mol. The van der Waals surface area contributed by atoms with Gasteiger partial charge in [-0.15, -0.1) is 0 Å². The van der Waals surface area contributed by atoms with Gasteiger partial charge in [-0.2, -0.15) is 0 Å². The summed E-state index contributed by atoms with van der Waals surface area (Å²) in [5.41, 5.74) is 5.88. The molecule has 0 bridgehead atoms. The summed E-state index contributed by atoms with van der Waals surface area (Å²) in [6, 6.07) is 38.5. The molecule has 0 unspecified atom stereocenters. The molecule has 0 aromatic heterocycles. The van der Waals surface area contributed by atoms with E-state index in [-0.39, 0.29) is 10.9 Å². The fraction of sp³-hybridized carbons (Fsp3) is 0.0714. The zero-order valence-electron chi connectivity index (χ0n) is 17.4. The first-order chi connectivity index (χ1) is 14.7. The lowest BCUT2D eigenvalue weighted by atomic mass is 10.1. The predicted octanol–water partition coefficient (Wildman–Crippen LogP) is 7.56. The molecule has 1 nitrogen and oxygen atoms in total. The van der Waals surface area contributed by atoms with Gasteiger partial charge in [0.2, 0.25) is 0 Å². The highest BCUT2D eigenvalue weighted by Gasteiger charge is 2.11. The van der Waals surface area contributed by atoms with Crippen LogP contribution in [0.5, 0.6) is 0 Å². The van der Waals surface area contributed by atoms with Crippen LogP contribution in [0.3, 0.4) is 0 Å². The maximum absolute atomic E-state index is 2.28. The van der Waals surface area contributed by atoms with Gasteiger partial charge in [0.05, 0.1) is 0 Å². The number of rotatable bonds is 6. The summed E-state index contributed by atoms with van der Waals surface area (Å²) < 4.78 is 0. The second-order valence-corrected chi connectivity index (χ2v) is 9.42. The van der Waals surface area contributed by atoms with Gasteiger partial charge < -0.3 is 4.90 Å². The fourth-order valence-electron chi connectivity index (χ4n) is 3.40. The van der Waals surface area contributed by atoms with Gasteiger partial charge in [0, 0.05) is 34.0 Å². The van der Waals surface area contributed by atoms with Gasteiger partial charge in [-0.1, -0.05) is 72.8 Å². The molecule has 0 amide bonds. The molecule has 0 atom stereocenters. The highest BCUT2D eigenvalue weighted by atomic mass is 32.2. The van der Waals surface area contributed by atoms with Gasteiger partial charge in [0.25, 0.3) is 0 Å². The summed E-state index contributed by atoms with van der Waals surface area (Å²) in [7, 11) is 0.278. The Bertz CT molecular complexity index is 1060. The van der Waals surface area contributed by atoms with Gasteiger partial charge in [-0.3, -0.25) is 0 Å². The first-order valence-electron chi connectivity index (χ1n) is 10.1. The van der Waals surface area contributed by atoms with Crippen LogP contribution in [-0.4, -0.2) is 12.5 Å². The summed E-state index contributed by atoms with van der Waals surface area (Å²) in [6.45, 7) is 0. The topological polar surface area (TPSA) is 3.24 Å². The largest absolute Gasteiger partial charge is 0.311 e. The van der Waals surface area contributed by atoms with Crippen molar-refractivity contribution in [3.63, 3.8) is 0 Å². The Balaban J connectivity index is 1.60. The quantitative estimate of drug-likeness (QED) is 0.235. The van der Waals surface area contributed by atoms with Crippen LogP contribution in [0.4, 0.5) is 17.1 Å². The minimum absolute atomic E-state index is 0.278. The van der Waals surface area contributed by atoms with E-state index in [1.165, 1.54) is 16.0 Å². The van der Waals surface area contributed by atoms with Gasteiger partial charge in [0.1, 0.15) is 12.5 Å². The highest BCUT2D eigenvalue weighted by Crippen LogP contribution is 2.34. The van der Waals surface area contributed by atoms with Crippen molar-refractivity contribution in [3.05, 3.63) is 120 Å². The Morgan fingerprint density at radius 3 is 1.63 bits per heavy atom. The van der Waals surface area contributed by atoms with Crippen molar-refractivity contribution in [3.8, 4) is 0 Å². The van der Waals surface area contributed by atoms with Crippen LogP contribution in [0.15, 0.2) is 114 Å². The van der Waals surface area contributed by atoms with Crippen molar-refractivity contribution in [2.45, 2.75) is 4.90 Å². The molecule has 4 rings (SSSR count). The highest BCUT2D eigenvalue weighted by molar-refractivity contribution is 7.95. The van der Waals surface area contributed by atoms with E-state index in [0.29, 0.717) is 0 Å². The summed E-state index contributed by atoms with van der Waals surface area (Å²) >= 11 is 0. The minimum Gasteiger partial charge on any atom is -0.311 e. The van der Waals surface area contributed by atoms with E-state index < -0.39 is 0 Å². The normalized spacial score (nSPS) is 11.2. The first kappa shape index (κ1) is 20.1. The monoisotopic (exact) mass is 408 g/mol. The molecule has 0 heterocycles. The summed E-state index contributed by atoms with van der Waals surface area (Å²) in [6.07, 6.45) is 8.89. The lowest BCUT2D eigenvalue weighted by Crippen LogP contribution is -2.09. The molecule has 0 spiro atoms. The maximum atomic E-state index is 2.28. The molecule has 0 aliphatic heterocycles. The Morgan fingerprint density at radius 2 is 1.07 bits per heavy atom. The molecular weight excluding hydrogens is 382 g/mol. The second-order valence-electron chi connectivity index (χ2n) is 7.32. The Labute approximate surface area is 182 Å². The van der Waals surface area contributed by atoms with Crippen molar-refractivity contribution in [2.75, 3.05) is 17.4 Å². The van der Waals surface area contributed by atoms with Crippen molar-refractivity contribution in [1.82, 2.24) is 0 Å². The lowest BCUT2D eigenvalue weighted by Gasteiger charge is -2.25. The van der Waals surface area contributed by atoms with Crippen LogP contribution in [0.2, 0.25) is 0 Å². The van der Waals surface area contributed by atoms with E-state index in [2.05, 4.69) is 139 Å². The third-order valence-electron chi connectivity index (χ3n) is 4.98. The van der Waals surface area contributed by atoms with E-state index in [1.807, 2.05) is 0 Å². The molecule has 0 radical (unpaired) electrons. The third-order valence-corrected chi connectivity index (χ3v) is 6.17. The maximum Gasteiger partial charge on any atom is 0.154 e. The molecule has 0 N–H and O–H groups in total. The van der Waals surface area contributed by atoms with Gasteiger partial charge >= 0.3 is 0 Å². The molecular formula is C28H26NS+. The molecule has 0 aliphatic carbocycles. The number of nitrogens with zero attached hydrogens (tertiary/aromatic N) is 1. The van der Waals surface area contributed by atoms with Crippen molar-refractivity contribution in [2.24, 2.45) is 0 Å². The molecule has 30 heavy (non-hydrogen) atoms. The number of hydrogen-bond acceptors (Lipinski definition) is 1. The fourth-order valence-corrected chi connectivity index (χ4v) is 4.12. The van der Waals surface area contributed by atoms with E-state index in [0.717, 1.165) is 17.1 Å². The predicted molar refractivity (Wildman–Crippen MR) is 134 cm³/mol. The minimum atomic E-state index is 0.278. The molecule has 0 saturated heterocycles. The molecule has 0 aliphatic rings. The lowest BCUT2D eigenvalue weighted by molar-refractivity contribution is 1.28. The first-order valence-corrected chi connectivity index (χ1v) is 12.1. The van der Waals surface area contributed by atoms with Crippen LogP contribution in [0, 0.1) is 0 Å². The second kappa shape index (κ2) is 9.51. The molecule has 4 aromatic rings. The van der Waals surface area contributed by atoms with Gasteiger partial charge in [-0.25, -0.2) is 0 Å². The number of anilines is 3. The number of benzene rings is 4. The molecule has 0 fully saturated rings. The van der Waals surface area contributed by atoms with Crippen LogP contribution < -0.4 is 4.90 Å². The van der Waals surface area contributed by atoms with E-state index in [9.17, 15) is 0 Å². The van der Waals surface area contributed by atoms with Crippen molar-refractivity contribution >= 4 is 40.1 Å². The summed E-state index contributed by atoms with van der Waals surface area (Å²) in [5.74, 6) is 0. The SMILES string of the molecule is C[S+](C)c1cccc(/C=C/c2ccc(N(c3ccccc3)c3ccccc3)cc2)c1. The van der Waals surface area contributed by atoms with Crippen LogP contribution in [0.1, 0.15) is 11.1 Å². The van der Waals surface area contributed by atoms with Gasteiger partial charge in [-0.05, 0) is 53.6 Å². The smallest absolute Gasteiger partial charge is 0.154 e. The molecule has 148 valence electrons. The molecule has 4 aromatic carbocycles. The van der Waals surface area contributed by atoms with Crippen LogP contribution in [0.25, 0.3) is 12.2 Å². The number of hydrogen-bond donors (Lipinski definition) is 0. The van der Waals surface area contributed by atoms with Crippen molar-refractivity contribution in [1.29, 1.82) is 0 Å². The summed E-state index contributed by atoms with van der Waals surface area (Å²) in [4.78, 5) is 3.68. The van der Waals surface area contributed by atoms with Crippen LogP contribution >= 0.6 is 0 Å². The Hall–Kier alpha value is -3.23. The molecule has 0 saturated carbocycles. The van der Waals surface area contributed by atoms with E-state index in [1.54, 1.807) is 0 Å². The van der Waals surface area contributed by atoms with Crippen LogP contribution in [-0.2, 0) is 10.9 Å². The van der Waals surface area contributed by atoms with Crippen molar-refractivity contribution < 1.29 is 0 Å². The van der Waals surface area contributed by atoms with E-state index in [4.69, 9.17) is 0 Å². The Kier molecular flexibility index (Phi) is 6.36. The average Bonchev–Trinajstić information content (AvgIpc) is 2.80. The Morgan fingerprint density at radius 1 is 0.533 bits per heavy atom. The standard InChI is InChI=1S/C28H26NS/c1-30(2)28-15-9-10-24(22-28)17-16-23-18-20-27(21-19-23)29(25-11-5-3-6-12-25)26-13-7-4-8-14-26/h3-22H,1-2H3/q+1/b17-16+. The third kappa shape index (κ3) is 4.84. The zero-order valence-corrected chi connectivity index (χ0v) is 18.2. The zero-order chi connectivity index (χ0) is 20.8. The molecule has 2 heteroatoms.